The highest BCUT2D eigenvalue weighted by atomic mass is 35.5. The number of fused-ring (bicyclic) bond motifs is 1. The van der Waals surface area contributed by atoms with Crippen LogP contribution < -0.4 is 11.2 Å². The van der Waals surface area contributed by atoms with Crippen molar-refractivity contribution in [2.45, 2.75) is 12.5 Å². The molecule has 24 heavy (non-hydrogen) atoms. The molecule has 0 amide bonds. The molecule has 5 nitrogen and oxygen atoms in total. The molecule has 0 fully saturated rings. The number of nitrogens with two attached hydrogens (primary N) is 1. The van der Waals surface area contributed by atoms with Gasteiger partial charge in [0, 0.05) is 17.0 Å². The van der Waals surface area contributed by atoms with Crippen molar-refractivity contribution in [3.05, 3.63) is 70.2 Å². The van der Waals surface area contributed by atoms with Gasteiger partial charge in [-0.2, -0.15) is 5.10 Å². The lowest BCUT2D eigenvalue weighted by molar-refractivity contribution is 0.0400. The molecular formula is C17H14ClN3O2S. The van der Waals surface area contributed by atoms with Crippen molar-refractivity contribution in [3.63, 3.8) is 0 Å². The molecule has 0 bridgehead atoms. The first-order chi connectivity index (χ1) is 11.5. The average molecular weight is 360 g/mol. The van der Waals surface area contributed by atoms with E-state index in [0.717, 1.165) is 11.1 Å². The fraction of sp³-hybridized carbons (Fsp3) is 0.118. The molecule has 1 atom stereocenters. The quantitative estimate of drug-likeness (QED) is 0.379. The van der Waals surface area contributed by atoms with Crippen LogP contribution in [-0.2, 0) is 4.74 Å². The summed E-state index contributed by atoms with van der Waals surface area (Å²) in [5, 5.41) is 4.93. The molecule has 0 saturated carbocycles. The Morgan fingerprint density at radius 1 is 1.25 bits per heavy atom. The van der Waals surface area contributed by atoms with Crippen LogP contribution in [0.15, 0.2) is 53.6 Å². The second-order valence-electron chi connectivity index (χ2n) is 5.23. The summed E-state index contributed by atoms with van der Waals surface area (Å²) in [6.45, 7) is 0. The fourth-order valence-electron chi connectivity index (χ4n) is 2.54. The molecule has 0 aromatic heterocycles. The van der Waals surface area contributed by atoms with Crippen LogP contribution in [0.5, 0.6) is 0 Å². The molecule has 1 heterocycles. The van der Waals surface area contributed by atoms with Crippen LogP contribution in [0.3, 0.4) is 0 Å². The van der Waals surface area contributed by atoms with Gasteiger partial charge in [-0.05, 0) is 36.0 Å². The van der Waals surface area contributed by atoms with Crippen LogP contribution in [0.25, 0.3) is 0 Å². The molecule has 3 N–H and O–H groups in total. The lowest BCUT2D eigenvalue weighted by Crippen LogP contribution is -2.26. The molecular weight excluding hydrogens is 346 g/mol. The summed E-state index contributed by atoms with van der Waals surface area (Å²) in [5.74, 6) is -0.326. The molecule has 0 saturated heterocycles. The first-order valence-electron chi connectivity index (χ1n) is 7.22. The summed E-state index contributed by atoms with van der Waals surface area (Å²) < 4.78 is 5.48. The van der Waals surface area contributed by atoms with E-state index in [9.17, 15) is 4.79 Å². The van der Waals surface area contributed by atoms with Crippen molar-refractivity contribution in [3.8, 4) is 0 Å². The Balaban J connectivity index is 1.90. The van der Waals surface area contributed by atoms with Crippen molar-refractivity contribution in [1.82, 2.24) is 5.43 Å². The minimum absolute atomic E-state index is 0.0604. The predicted molar refractivity (Wildman–Crippen MR) is 97.1 cm³/mol. The van der Waals surface area contributed by atoms with Gasteiger partial charge in [0.05, 0.1) is 11.3 Å². The Labute approximate surface area is 149 Å². The third-order valence-electron chi connectivity index (χ3n) is 3.63. The number of nitrogens with one attached hydrogen (secondary N) is 1. The number of halogens is 1. The third-order valence-corrected chi connectivity index (χ3v) is 3.98. The van der Waals surface area contributed by atoms with Gasteiger partial charge in [-0.1, -0.05) is 41.9 Å². The van der Waals surface area contributed by atoms with E-state index in [2.05, 4.69) is 10.5 Å². The highest BCUT2D eigenvalue weighted by Gasteiger charge is 2.31. The molecule has 1 aliphatic rings. The highest BCUT2D eigenvalue weighted by molar-refractivity contribution is 7.80. The smallest absolute Gasteiger partial charge is 0.339 e. The van der Waals surface area contributed by atoms with Gasteiger partial charge in [0.15, 0.2) is 5.11 Å². The monoisotopic (exact) mass is 359 g/mol. The number of carbonyl (C=O) groups excluding carboxylic acids is 1. The van der Waals surface area contributed by atoms with Crippen LogP contribution in [-0.4, -0.2) is 16.8 Å². The number of benzene rings is 2. The summed E-state index contributed by atoms with van der Waals surface area (Å²) in [5.41, 5.74) is 11.0. The summed E-state index contributed by atoms with van der Waals surface area (Å²) in [6.07, 6.45) is -0.0173. The van der Waals surface area contributed by atoms with Crippen molar-refractivity contribution >= 4 is 40.6 Å². The van der Waals surface area contributed by atoms with Gasteiger partial charge in [0.2, 0.25) is 0 Å². The van der Waals surface area contributed by atoms with E-state index in [1.165, 1.54) is 0 Å². The van der Waals surface area contributed by atoms with Gasteiger partial charge in [-0.15, -0.1) is 0 Å². The summed E-state index contributed by atoms with van der Waals surface area (Å²) in [6, 6.07) is 14.5. The second kappa shape index (κ2) is 6.98. The third kappa shape index (κ3) is 3.55. The summed E-state index contributed by atoms with van der Waals surface area (Å²) in [7, 11) is 0. The van der Waals surface area contributed by atoms with E-state index < -0.39 is 6.10 Å². The highest BCUT2D eigenvalue weighted by Crippen LogP contribution is 2.33. The number of hydrogen-bond acceptors (Lipinski definition) is 4. The van der Waals surface area contributed by atoms with Crippen LogP contribution in [0.4, 0.5) is 0 Å². The van der Waals surface area contributed by atoms with Crippen molar-refractivity contribution in [2.75, 3.05) is 0 Å². The number of cyclic esters (lactones) is 1. The van der Waals surface area contributed by atoms with Gasteiger partial charge in [0.25, 0.3) is 0 Å². The lowest BCUT2D eigenvalue weighted by Gasteiger charge is -2.13. The number of ether oxygens (including phenoxy) is 1. The van der Waals surface area contributed by atoms with E-state index in [-0.39, 0.29) is 11.1 Å². The zero-order valence-electron chi connectivity index (χ0n) is 12.5. The Morgan fingerprint density at radius 3 is 2.67 bits per heavy atom. The topological polar surface area (TPSA) is 76.7 Å². The van der Waals surface area contributed by atoms with Crippen molar-refractivity contribution in [2.24, 2.45) is 10.8 Å². The van der Waals surface area contributed by atoms with Gasteiger partial charge in [-0.3, -0.25) is 5.43 Å². The predicted octanol–water partition coefficient (Wildman–Crippen LogP) is 3.18. The largest absolute Gasteiger partial charge is 0.453 e. The molecule has 1 aliphatic heterocycles. The molecule has 0 spiro atoms. The maximum absolute atomic E-state index is 12.0. The number of esters is 1. The first kappa shape index (κ1) is 16.4. The number of carbonyl (C=O) groups is 1. The van der Waals surface area contributed by atoms with Crippen LogP contribution in [0, 0.1) is 0 Å². The van der Waals surface area contributed by atoms with Gasteiger partial charge >= 0.3 is 5.97 Å². The minimum Gasteiger partial charge on any atom is -0.453 e. The minimum atomic E-state index is -0.406. The second-order valence-corrected chi connectivity index (χ2v) is 6.10. The van der Waals surface area contributed by atoms with E-state index in [1.54, 1.807) is 18.2 Å². The molecule has 3 rings (SSSR count). The van der Waals surface area contributed by atoms with Crippen molar-refractivity contribution < 1.29 is 9.53 Å². The molecule has 0 unspecified atom stereocenters. The van der Waals surface area contributed by atoms with E-state index in [0.29, 0.717) is 22.7 Å². The number of hydrogen-bond donors (Lipinski definition) is 2. The molecule has 0 aliphatic carbocycles. The van der Waals surface area contributed by atoms with E-state index in [1.807, 2.05) is 30.3 Å². The number of thiocarbonyl (C=S) groups is 1. The summed E-state index contributed by atoms with van der Waals surface area (Å²) >= 11 is 10.7. The standard InChI is InChI=1S/C17H14ClN3O2S/c18-11-7-5-10(6-8-11)14(20-21-17(19)24)9-15-12-3-1-2-4-13(12)16(22)23-15/h1-8,15H,9H2,(H3,19,21,24)/b20-14+/t15-/m1/s1. The molecule has 0 radical (unpaired) electrons. The number of hydrazone groups is 1. The zero-order valence-corrected chi connectivity index (χ0v) is 14.1. The number of nitrogens with zero attached hydrogens (tertiary/aromatic N) is 1. The molecule has 7 heteroatoms. The number of rotatable bonds is 4. The van der Waals surface area contributed by atoms with Crippen LogP contribution in [0.2, 0.25) is 5.02 Å². The first-order valence-corrected chi connectivity index (χ1v) is 8.01. The Bertz CT molecular complexity index is 821. The Morgan fingerprint density at radius 2 is 1.96 bits per heavy atom. The summed E-state index contributed by atoms with van der Waals surface area (Å²) in [4.78, 5) is 12.0. The molecule has 2 aromatic carbocycles. The molecule has 2 aromatic rings. The molecule has 122 valence electrons. The van der Waals surface area contributed by atoms with Crippen molar-refractivity contribution in [1.29, 1.82) is 0 Å². The van der Waals surface area contributed by atoms with Gasteiger partial charge in [0.1, 0.15) is 6.10 Å². The van der Waals surface area contributed by atoms with Gasteiger partial charge < -0.3 is 10.5 Å². The van der Waals surface area contributed by atoms with Crippen LogP contribution >= 0.6 is 23.8 Å². The van der Waals surface area contributed by atoms with Gasteiger partial charge in [-0.25, -0.2) is 4.79 Å². The zero-order chi connectivity index (χ0) is 17.1. The maximum atomic E-state index is 12.0. The van der Waals surface area contributed by atoms with Crippen LogP contribution in [0.1, 0.15) is 34.0 Å². The van der Waals surface area contributed by atoms with E-state index in [4.69, 9.17) is 34.3 Å². The van der Waals surface area contributed by atoms with E-state index >= 15 is 0 Å². The fourth-order valence-corrected chi connectivity index (χ4v) is 2.71. The maximum Gasteiger partial charge on any atom is 0.339 e. The lowest BCUT2D eigenvalue weighted by atomic mass is 9.98. The Kier molecular flexibility index (Phi) is 4.78. The average Bonchev–Trinajstić information content (AvgIpc) is 2.89. The SMILES string of the molecule is NC(=S)N/N=C(\C[C@H]1OC(=O)c2ccccc21)c1ccc(Cl)cc1. The Hall–Kier alpha value is -2.44. The normalized spacial score (nSPS) is 16.5.